The van der Waals surface area contributed by atoms with Crippen molar-refractivity contribution < 1.29 is 14.3 Å². The fraction of sp³-hybridized carbons (Fsp3) is 0.281. The zero-order valence-electron chi connectivity index (χ0n) is 22.2. The van der Waals surface area contributed by atoms with Crippen LogP contribution in [0.5, 0.6) is 0 Å². The van der Waals surface area contributed by atoms with Gasteiger partial charge in [0.25, 0.3) is 5.91 Å². The maximum Gasteiger partial charge on any atom is 0.339 e. The van der Waals surface area contributed by atoms with Crippen LogP contribution in [0.3, 0.4) is 0 Å². The normalized spacial score (nSPS) is 13.4. The van der Waals surface area contributed by atoms with E-state index in [1.54, 1.807) is 0 Å². The molecular weight excluding hydrogens is 474 g/mol. The number of rotatable bonds is 7. The molecule has 0 spiro atoms. The fourth-order valence-corrected chi connectivity index (χ4v) is 5.18. The Bertz CT molecular complexity index is 1480. The number of fused-ring (bicyclic) bond motifs is 2. The number of para-hydroxylation sites is 2. The van der Waals surface area contributed by atoms with Gasteiger partial charge in [-0.3, -0.25) is 14.7 Å². The van der Waals surface area contributed by atoms with Gasteiger partial charge in [0.15, 0.2) is 6.61 Å². The zero-order chi connectivity index (χ0) is 26.6. The summed E-state index contributed by atoms with van der Waals surface area (Å²) in [5.41, 5.74) is 7.12. The average molecular weight is 508 g/mol. The summed E-state index contributed by atoms with van der Waals surface area (Å²) < 4.78 is 5.63. The van der Waals surface area contributed by atoms with Crippen LogP contribution in [0.1, 0.15) is 58.1 Å². The SMILES string of the molecule is Cc1cccc(C(C)C)c1NC(=O)COC(=O)c1c2c(nc3ccccc13)CCN(Cc1ccccc1)C2. The van der Waals surface area contributed by atoms with Crippen molar-refractivity contribution in [1.29, 1.82) is 0 Å². The van der Waals surface area contributed by atoms with E-state index in [-0.39, 0.29) is 18.4 Å². The van der Waals surface area contributed by atoms with Crippen molar-refractivity contribution in [2.45, 2.75) is 46.2 Å². The summed E-state index contributed by atoms with van der Waals surface area (Å²) in [4.78, 5) is 33.6. The van der Waals surface area contributed by atoms with Gasteiger partial charge < -0.3 is 10.1 Å². The van der Waals surface area contributed by atoms with E-state index < -0.39 is 5.97 Å². The number of carbonyl (C=O) groups excluding carboxylic acids is 2. The molecule has 38 heavy (non-hydrogen) atoms. The number of nitrogens with one attached hydrogen (secondary N) is 1. The first kappa shape index (κ1) is 25.6. The second kappa shape index (κ2) is 11.2. The molecule has 0 radical (unpaired) electrons. The van der Waals surface area contributed by atoms with Crippen molar-refractivity contribution in [1.82, 2.24) is 9.88 Å². The maximum atomic E-state index is 13.5. The molecule has 5 rings (SSSR count). The molecule has 6 nitrogen and oxygen atoms in total. The van der Waals surface area contributed by atoms with E-state index >= 15 is 0 Å². The number of hydrogen-bond donors (Lipinski definition) is 1. The number of anilines is 1. The lowest BCUT2D eigenvalue weighted by atomic mass is 9.95. The third kappa shape index (κ3) is 5.46. The quantitative estimate of drug-likeness (QED) is 0.310. The summed E-state index contributed by atoms with van der Waals surface area (Å²) in [5.74, 6) is -0.598. The van der Waals surface area contributed by atoms with E-state index in [9.17, 15) is 9.59 Å². The molecular formula is C32H33N3O3. The lowest BCUT2D eigenvalue weighted by Crippen LogP contribution is -2.32. The molecule has 0 aliphatic carbocycles. The monoisotopic (exact) mass is 507 g/mol. The van der Waals surface area contributed by atoms with Gasteiger partial charge in [-0.1, -0.05) is 80.6 Å². The number of esters is 1. The van der Waals surface area contributed by atoms with Gasteiger partial charge in [0.05, 0.1) is 11.1 Å². The number of carbonyl (C=O) groups is 2. The first-order chi connectivity index (χ1) is 18.4. The van der Waals surface area contributed by atoms with Crippen molar-refractivity contribution in [3.63, 3.8) is 0 Å². The zero-order valence-corrected chi connectivity index (χ0v) is 22.2. The van der Waals surface area contributed by atoms with E-state index in [0.29, 0.717) is 12.1 Å². The van der Waals surface area contributed by atoms with E-state index in [2.05, 4.69) is 36.2 Å². The first-order valence-electron chi connectivity index (χ1n) is 13.1. The Balaban J connectivity index is 1.38. The second-order valence-corrected chi connectivity index (χ2v) is 10.2. The topological polar surface area (TPSA) is 71.5 Å². The van der Waals surface area contributed by atoms with Crippen LogP contribution < -0.4 is 5.32 Å². The highest BCUT2D eigenvalue weighted by Crippen LogP contribution is 2.30. The molecule has 0 fully saturated rings. The molecule has 1 aliphatic heterocycles. The standard InChI is InChI=1S/C32H33N3O3/c1-21(2)24-14-9-10-22(3)31(24)34-29(36)20-38-32(37)30-25-13-7-8-15-27(25)33-28-16-17-35(19-26(28)30)18-23-11-5-4-6-12-23/h4-15,21H,16-20H2,1-3H3,(H,34,36). The number of aryl methyl sites for hydroxylation is 1. The Morgan fingerprint density at radius 3 is 2.55 bits per heavy atom. The van der Waals surface area contributed by atoms with E-state index in [1.807, 2.05) is 67.6 Å². The Morgan fingerprint density at radius 2 is 1.76 bits per heavy atom. The summed E-state index contributed by atoms with van der Waals surface area (Å²) in [6.45, 7) is 8.03. The summed E-state index contributed by atoms with van der Waals surface area (Å²) >= 11 is 0. The van der Waals surface area contributed by atoms with Gasteiger partial charge in [0, 0.05) is 48.4 Å². The molecule has 0 unspecified atom stereocenters. The fourth-order valence-electron chi connectivity index (χ4n) is 5.18. The predicted molar refractivity (Wildman–Crippen MR) is 150 cm³/mol. The van der Waals surface area contributed by atoms with Crippen LogP contribution in [0, 0.1) is 6.92 Å². The molecule has 1 amide bonds. The lowest BCUT2D eigenvalue weighted by Gasteiger charge is -2.30. The minimum atomic E-state index is -0.495. The van der Waals surface area contributed by atoms with Gasteiger partial charge in [0.1, 0.15) is 0 Å². The van der Waals surface area contributed by atoms with Crippen molar-refractivity contribution in [2.24, 2.45) is 0 Å². The molecule has 1 N–H and O–H groups in total. The Hall–Kier alpha value is -4.03. The van der Waals surface area contributed by atoms with E-state index in [1.165, 1.54) is 5.56 Å². The summed E-state index contributed by atoms with van der Waals surface area (Å²) in [7, 11) is 0. The highest BCUT2D eigenvalue weighted by Gasteiger charge is 2.27. The van der Waals surface area contributed by atoms with Gasteiger partial charge in [-0.2, -0.15) is 0 Å². The van der Waals surface area contributed by atoms with Gasteiger partial charge in [-0.15, -0.1) is 0 Å². The molecule has 2 heterocycles. The molecule has 3 aromatic carbocycles. The lowest BCUT2D eigenvalue weighted by molar-refractivity contribution is -0.119. The molecule has 1 aliphatic rings. The van der Waals surface area contributed by atoms with Crippen molar-refractivity contribution in [3.8, 4) is 0 Å². The van der Waals surface area contributed by atoms with Gasteiger partial charge in [0.2, 0.25) is 0 Å². The molecule has 0 saturated heterocycles. The van der Waals surface area contributed by atoms with Crippen LogP contribution in [-0.4, -0.2) is 34.9 Å². The third-order valence-electron chi connectivity index (χ3n) is 7.10. The number of hydrogen-bond acceptors (Lipinski definition) is 5. The van der Waals surface area contributed by atoms with Crippen molar-refractivity contribution >= 4 is 28.5 Å². The van der Waals surface area contributed by atoms with Crippen LogP contribution in [0.25, 0.3) is 10.9 Å². The van der Waals surface area contributed by atoms with Gasteiger partial charge in [-0.05, 0) is 35.6 Å². The Morgan fingerprint density at radius 1 is 1.00 bits per heavy atom. The van der Waals surface area contributed by atoms with Crippen LogP contribution in [-0.2, 0) is 29.0 Å². The summed E-state index contributed by atoms with van der Waals surface area (Å²) in [6.07, 6.45) is 0.749. The number of benzene rings is 3. The number of aromatic nitrogens is 1. The predicted octanol–water partition coefficient (Wildman–Crippen LogP) is 6.02. The molecule has 1 aromatic heterocycles. The minimum Gasteiger partial charge on any atom is -0.452 e. The van der Waals surface area contributed by atoms with Gasteiger partial charge in [-0.25, -0.2) is 4.79 Å². The first-order valence-corrected chi connectivity index (χ1v) is 13.1. The van der Waals surface area contributed by atoms with Crippen molar-refractivity contribution in [2.75, 3.05) is 18.5 Å². The second-order valence-electron chi connectivity index (χ2n) is 10.2. The average Bonchev–Trinajstić information content (AvgIpc) is 2.92. The van der Waals surface area contributed by atoms with Crippen LogP contribution in [0.2, 0.25) is 0 Å². The Kier molecular flexibility index (Phi) is 7.52. The number of nitrogens with zero attached hydrogens (tertiary/aromatic N) is 2. The Labute approximate surface area is 223 Å². The summed E-state index contributed by atoms with van der Waals surface area (Å²) in [6, 6.07) is 23.9. The van der Waals surface area contributed by atoms with Crippen LogP contribution in [0.15, 0.2) is 72.8 Å². The minimum absolute atomic E-state index is 0.251. The number of ether oxygens (including phenoxy) is 1. The van der Waals surface area contributed by atoms with E-state index in [0.717, 1.165) is 58.5 Å². The van der Waals surface area contributed by atoms with E-state index in [4.69, 9.17) is 9.72 Å². The smallest absolute Gasteiger partial charge is 0.339 e. The molecule has 194 valence electrons. The van der Waals surface area contributed by atoms with Crippen molar-refractivity contribution in [3.05, 3.63) is 106 Å². The number of pyridine rings is 1. The largest absolute Gasteiger partial charge is 0.452 e. The molecule has 4 aromatic rings. The number of amides is 1. The van der Waals surface area contributed by atoms with Gasteiger partial charge >= 0.3 is 5.97 Å². The van der Waals surface area contributed by atoms with Crippen LogP contribution >= 0.6 is 0 Å². The highest BCUT2D eigenvalue weighted by atomic mass is 16.5. The van der Waals surface area contributed by atoms with Crippen LogP contribution in [0.4, 0.5) is 5.69 Å². The molecule has 0 atom stereocenters. The summed E-state index contributed by atoms with van der Waals surface area (Å²) in [5, 5.41) is 3.71. The highest BCUT2D eigenvalue weighted by molar-refractivity contribution is 6.06. The third-order valence-corrected chi connectivity index (χ3v) is 7.10. The molecule has 0 saturated carbocycles. The molecule has 0 bridgehead atoms. The molecule has 6 heteroatoms. The maximum absolute atomic E-state index is 13.5.